The number of rotatable bonds is 6. The van der Waals surface area contributed by atoms with Gasteiger partial charge in [0.25, 0.3) is 0 Å². The predicted octanol–water partition coefficient (Wildman–Crippen LogP) is 0.889. The number of hydrogen-bond acceptors (Lipinski definition) is 4. The summed E-state index contributed by atoms with van der Waals surface area (Å²) in [6.45, 7) is 7.79. The molecule has 0 aromatic rings. The van der Waals surface area contributed by atoms with Gasteiger partial charge in [-0.2, -0.15) is 0 Å². The first-order chi connectivity index (χ1) is 8.07. The number of nitrogens with two attached hydrogens (primary N) is 2. The normalized spacial score (nSPS) is 13.8. The molecule has 0 aromatic carbocycles. The van der Waals surface area contributed by atoms with Crippen molar-refractivity contribution in [2.24, 2.45) is 23.3 Å². The lowest BCUT2D eigenvalue weighted by Gasteiger charge is -2.07. The molecule has 0 rings (SSSR count). The van der Waals surface area contributed by atoms with Gasteiger partial charge in [-0.05, 0) is 24.7 Å². The van der Waals surface area contributed by atoms with Crippen molar-refractivity contribution >= 4 is 11.9 Å². The molecular weight excluding hydrogens is 236 g/mol. The monoisotopic (exact) mass is 262 g/mol. The predicted molar refractivity (Wildman–Crippen MR) is 70.1 cm³/mol. The van der Waals surface area contributed by atoms with Crippen LogP contribution >= 0.6 is 0 Å². The molecule has 0 saturated heterocycles. The van der Waals surface area contributed by atoms with E-state index in [-0.39, 0.29) is 0 Å². The summed E-state index contributed by atoms with van der Waals surface area (Å²) in [6, 6.07) is -1.38. The second-order valence-electron chi connectivity index (χ2n) is 5.15. The highest BCUT2D eigenvalue weighted by Gasteiger charge is 2.12. The van der Waals surface area contributed by atoms with Crippen LogP contribution in [0.2, 0.25) is 0 Å². The molecule has 0 bridgehead atoms. The van der Waals surface area contributed by atoms with Crippen molar-refractivity contribution in [2.75, 3.05) is 0 Å². The standard InChI is InChI=1S/2C6H13NO2/c2*1-4(2)3-5(7)6(8)9/h2*4-5H,3,7H2,1-2H3,(H,8,9)/t5-;/m0./s1. The molecule has 2 atom stereocenters. The van der Waals surface area contributed by atoms with Gasteiger partial charge in [0.2, 0.25) is 0 Å². The molecule has 0 fully saturated rings. The fourth-order valence-electron chi connectivity index (χ4n) is 1.22. The molecule has 18 heavy (non-hydrogen) atoms. The molecule has 0 amide bonds. The van der Waals surface area contributed by atoms with E-state index < -0.39 is 24.0 Å². The number of aliphatic carboxylic acids is 2. The molecule has 0 heterocycles. The Morgan fingerprint density at radius 3 is 1.11 bits per heavy atom. The zero-order chi connectivity index (χ0) is 14.9. The second kappa shape index (κ2) is 9.85. The third kappa shape index (κ3) is 12.9. The van der Waals surface area contributed by atoms with Crippen molar-refractivity contribution in [2.45, 2.75) is 52.6 Å². The first kappa shape index (κ1) is 19.2. The van der Waals surface area contributed by atoms with Crippen molar-refractivity contribution in [3.8, 4) is 0 Å². The van der Waals surface area contributed by atoms with Gasteiger partial charge in [0.15, 0.2) is 0 Å². The van der Waals surface area contributed by atoms with Gasteiger partial charge in [-0.1, -0.05) is 27.7 Å². The third-order valence-corrected chi connectivity index (χ3v) is 2.09. The zero-order valence-electron chi connectivity index (χ0n) is 11.6. The molecule has 0 aliphatic rings. The van der Waals surface area contributed by atoms with Crippen molar-refractivity contribution < 1.29 is 19.8 Å². The highest BCUT2D eigenvalue weighted by Crippen LogP contribution is 2.02. The summed E-state index contributed by atoms with van der Waals surface area (Å²) >= 11 is 0. The van der Waals surface area contributed by atoms with E-state index in [2.05, 4.69) is 0 Å². The summed E-state index contributed by atoms with van der Waals surface area (Å²) in [5, 5.41) is 16.6. The maximum atomic E-state index is 10.1. The average Bonchev–Trinajstić information content (AvgIpc) is 2.16. The van der Waals surface area contributed by atoms with Gasteiger partial charge in [0, 0.05) is 0 Å². The average molecular weight is 262 g/mol. The Morgan fingerprint density at radius 2 is 1.06 bits per heavy atom. The lowest BCUT2D eigenvalue weighted by molar-refractivity contribution is -0.139. The Bertz CT molecular complexity index is 228. The van der Waals surface area contributed by atoms with Crippen LogP contribution in [-0.4, -0.2) is 34.2 Å². The van der Waals surface area contributed by atoms with E-state index in [0.29, 0.717) is 24.7 Å². The van der Waals surface area contributed by atoms with Gasteiger partial charge in [0.05, 0.1) is 0 Å². The molecule has 0 aromatic heterocycles. The Balaban J connectivity index is 0. The molecular formula is C12H26N2O4. The SMILES string of the molecule is CC(C)CC(N)C(=O)O.CC(C)C[C@H](N)C(=O)O. The van der Waals surface area contributed by atoms with Gasteiger partial charge < -0.3 is 21.7 Å². The van der Waals surface area contributed by atoms with Crippen LogP contribution in [0, 0.1) is 11.8 Å². The summed E-state index contributed by atoms with van der Waals surface area (Å²) < 4.78 is 0. The molecule has 0 saturated carbocycles. The quantitative estimate of drug-likeness (QED) is 0.563. The van der Waals surface area contributed by atoms with Gasteiger partial charge in [-0.25, -0.2) is 0 Å². The summed E-state index contributed by atoms with van der Waals surface area (Å²) in [6.07, 6.45) is 1.10. The fraction of sp³-hybridized carbons (Fsp3) is 0.833. The minimum atomic E-state index is -0.913. The van der Waals surface area contributed by atoms with Gasteiger partial charge in [-0.15, -0.1) is 0 Å². The van der Waals surface area contributed by atoms with Crippen LogP contribution in [0.3, 0.4) is 0 Å². The van der Waals surface area contributed by atoms with Crippen LogP contribution < -0.4 is 11.5 Å². The highest BCUT2D eigenvalue weighted by atomic mass is 16.4. The highest BCUT2D eigenvalue weighted by molar-refractivity contribution is 5.73. The van der Waals surface area contributed by atoms with Crippen LogP contribution in [0.4, 0.5) is 0 Å². The van der Waals surface area contributed by atoms with Crippen LogP contribution in [-0.2, 0) is 9.59 Å². The maximum absolute atomic E-state index is 10.1. The van der Waals surface area contributed by atoms with Crippen molar-refractivity contribution in [3.63, 3.8) is 0 Å². The number of carboxylic acid groups (broad SMARTS) is 2. The lowest BCUT2D eigenvalue weighted by Crippen LogP contribution is -2.31. The number of carboxylic acids is 2. The molecule has 0 aliphatic carbocycles. The molecule has 6 heteroatoms. The van der Waals surface area contributed by atoms with E-state index in [1.54, 1.807) is 0 Å². The van der Waals surface area contributed by atoms with E-state index in [0.717, 1.165) is 0 Å². The van der Waals surface area contributed by atoms with Crippen LogP contribution in [0.5, 0.6) is 0 Å². The molecule has 0 spiro atoms. The van der Waals surface area contributed by atoms with Crippen molar-refractivity contribution in [3.05, 3.63) is 0 Å². The van der Waals surface area contributed by atoms with E-state index >= 15 is 0 Å². The summed E-state index contributed by atoms with van der Waals surface area (Å²) in [5.74, 6) is -1.11. The zero-order valence-corrected chi connectivity index (χ0v) is 11.6. The Labute approximate surface area is 108 Å². The fourth-order valence-corrected chi connectivity index (χ4v) is 1.22. The molecule has 6 N–H and O–H groups in total. The smallest absolute Gasteiger partial charge is 0.320 e. The van der Waals surface area contributed by atoms with Crippen LogP contribution in [0.1, 0.15) is 40.5 Å². The molecule has 0 aliphatic heterocycles. The minimum Gasteiger partial charge on any atom is -0.480 e. The Hall–Kier alpha value is -1.14. The molecule has 6 nitrogen and oxygen atoms in total. The Morgan fingerprint density at radius 1 is 0.833 bits per heavy atom. The summed E-state index contributed by atoms with van der Waals surface area (Å²) in [5.41, 5.74) is 10.4. The number of hydrogen-bond donors (Lipinski definition) is 4. The lowest BCUT2D eigenvalue weighted by atomic mass is 10.1. The van der Waals surface area contributed by atoms with Gasteiger partial charge in [0.1, 0.15) is 12.1 Å². The van der Waals surface area contributed by atoms with E-state index in [1.807, 2.05) is 27.7 Å². The van der Waals surface area contributed by atoms with Crippen LogP contribution in [0.25, 0.3) is 0 Å². The molecule has 108 valence electrons. The maximum Gasteiger partial charge on any atom is 0.320 e. The van der Waals surface area contributed by atoms with Crippen LogP contribution in [0.15, 0.2) is 0 Å². The van der Waals surface area contributed by atoms with Gasteiger partial charge >= 0.3 is 11.9 Å². The topological polar surface area (TPSA) is 127 Å². The minimum absolute atomic E-state index is 0.357. The largest absolute Gasteiger partial charge is 0.480 e. The second-order valence-corrected chi connectivity index (χ2v) is 5.15. The van der Waals surface area contributed by atoms with E-state index in [1.165, 1.54) is 0 Å². The van der Waals surface area contributed by atoms with E-state index in [4.69, 9.17) is 21.7 Å². The summed E-state index contributed by atoms with van der Waals surface area (Å²) in [4.78, 5) is 20.2. The first-order valence-corrected chi connectivity index (χ1v) is 6.04. The molecule has 0 radical (unpaired) electrons. The van der Waals surface area contributed by atoms with Crippen molar-refractivity contribution in [1.82, 2.24) is 0 Å². The number of carbonyl (C=O) groups is 2. The van der Waals surface area contributed by atoms with Crippen molar-refractivity contribution in [1.29, 1.82) is 0 Å². The van der Waals surface area contributed by atoms with Gasteiger partial charge in [-0.3, -0.25) is 9.59 Å². The van der Waals surface area contributed by atoms with E-state index in [9.17, 15) is 9.59 Å². The third-order valence-electron chi connectivity index (χ3n) is 2.09. The first-order valence-electron chi connectivity index (χ1n) is 6.04. The Kier molecular flexibility index (Phi) is 10.5. The molecule has 1 unspecified atom stereocenters. The summed E-state index contributed by atoms with van der Waals surface area (Å²) in [7, 11) is 0.